The van der Waals surface area contributed by atoms with E-state index < -0.39 is 0 Å². The molecule has 2 aliphatic heterocycles. The first kappa shape index (κ1) is 24.0. The Balaban J connectivity index is 1.26. The number of nitrogens with zero attached hydrogens (tertiary/aromatic N) is 2. The second kappa shape index (κ2) is 11.3. The first-order chi connectivity index (χ1) is 16.5. The lowest BCUT2D eigenvalue weighted by atomic mass is 10.0. The lowest BCUT2D eigenvalue weighted by Crippen LogP contribution is -2.58. The van der Waals surface area contributed by atoms with Crippen LogP contribution in [-0.2, 0) is 16.1 Å². The van der Waals surface area contributed by atoms with Gasteiger partial charge < -0.3 is 21.3 Å². The predicted octanol–water partition coefficient (Wildman–Crippen LogP) is 1.96. The van der Waals surface area contributed by atoms with Crippen molar-refractivity contribution in [1.29, 1.82) is 0 Å². The van der Waals surface area contributed by atoms with Gasteiger partial charge in [-0.25, -0.2) is 4.79 Å². The molecule has 4 amide bonds. The average Bonchev–Trinajstić information content (AvgIpc) is 3.27. The van der Waals surface area contributed by atoms with Crippen molar-refractivity contribution in [1.82, 2.24) is 25.8 Å². The summed E-state index contributed by atoms with van der Waals surface area (Å²) in [4.78, 5) is 44.6. The number of hydrogen-bond acceptors (Lipinski definition) is 6. The largest absolute Gasteiger partial charge is 0.353 e. The highest BCUT2D eigenvalue weighted by Gasteiger charge is 2.43. The number of carbonyl (C=O) groups excluding carboxylic acids is 3. The monoisotopic (exact) mass is 482 g/mol. The smallest absolute Gasteiger partial charge is 0.319 e. The van der Waals surface area contributed by atoms with Gasteiger partial charge in [0.2, 0.25) is 11.8 Å². The summed E-state index contributed by atoms with van der Waals surface area (Å²) in [7, 11) is 0. The number of urea groups is 1. The van der Waals surface area contributed by atoms with Crippen molar-refractivity contribution in [2.75, 3.05) is 24.7 Å². The van der Waals surface area contributed by atoms with E-state index in [1.165, 1.54) is 0 Å². The van der Waals surface area contributed by atoms with Crippen molar-refractivity contribution in [3.8, 4) is 0 Å². The van der Waals surface area contributed by atoms with Crippen molar-refractivity contribution < 1.29 is 14.4 Å². The number of aromatic nitrogens is 1. The molecule has 3 heterocycles. The Morgan fingerprint density at radius 3 is 2.94 bits per heavy atom. The molecule has 2 aliphatic rings. The SMILES string of the molecule is CSc1cccc(NC(=O)N[C@@H]2C[C@H]3C(=O)NC[C@@H](CCC(=O)NCc4cccnc4)N3C2)c1. The lowest BCUT2D eigenvalue weighted by Gasteiger charge is -2.37. The van der Waals surface area contributed by atoms with E-state index in [9.17, 15) is 14.4 Å². The van der Waals surface area contributed by atoms with Gasteiger partial charge in [-0.1, -0.05) is 12.1 Å². The molecule has 2 aromatic rings. The van der Waals surface area contributed by atoms with Crippen molar-refractivity contribution in [2.24, 2.45) is 0 Å². The summed E-state index contributed by atoms with van der Waals surface area (Å²) in [5, 5.41) is 11.8. The second-order valence-electron chi connectivity index (χ2n) is 8.55. The van der Waals surface area contributed by atoms with Crippen LogP contribution in [0, 0.1) is 0 Å². The molecule has 9 nitrogen and oxygen atoms in total. The maximum atomic E-state index is 12.5. The molecular formula is C24H30N6O3S. The summed E-state index contributed by atoms with van der Waals surface area (Å²) >= 11 is 1.61. The molecule has 180 valence electrons. The number of carbonyl (C=O) groups is 3. The fourth-order valence-corrected chi connectivity index (χ4v) is 4.95. The maximum Gasteiger partial charge on any atom is 0.319 e. The van der Waals surface area contributed by atoms with Gasteiger partial charge in [0.25, 0.3) is 0 Å². The number of nitrogens with one attached hydrogen (secondary N) is 4. The van der Waals surface area contributed by atoms with Crippen LogP contribution in [0.2, 0.25) is 0 Å². The fourth-order valence-electron chi connectivity index (χ4n) is 4.49. The van der Waals surface area contributed by atoms with Crippen molar-refractivity contribution >= 4 is 35.3 Å². The standard InChI is InChI=1S/C24H30N6O3S/c1-34-20-6-2-5-17(10-20)28-24(33)29-18-11-21-23(32)27-14-19(30(21)15-18)7-8-22(31)26-13-16-4-3-9-25-12-16/h2-6,9-10,12,18-19,21H,7-8,11,13-15H2,1H3,(H,26,31)(H,27,32)(H2,28,29,33)/t18-,19-,21+/m1/s1. The molecule has 10 heteroatoms. The van der Waals surface area contributed by atoms with Gasteiger partial charge >= 0.3 is 6.03 Å². The Morgan fingerprint density at radius 1 is 1.26 bits per heavy atom. The van der Waals surface area contributed by atoms with E-state index >= 15 is 0 Å². The highest BCUT2D eigenvalue weighted by molar-refractivity contribution is 7.98. The van der Waals surface area contributed by atoms with E-state index in [4.69, 9.17) is 0 Å². The number of rotatable bonds is 8. The molecule has 3 atom stereocenters. The third kappa shape index (κ3) is 6.27. The van der Waals surface area contributed by atoms with Gasteiger partial charge in [0.15, 0.2) is 0 Å². The van der Waals surface area contributed by atoms with Gasteiger partial charge in [0.1, 0.15) is 0 Å². The van der Waals surface area contributed by atoms with Crippen molar-refractivity contribution in [3.63, 3.8) is 0 Å². The number of piperazine rings is 1. The molecular weight excluding hydrogens is 452 g/mol. The average molecular weight is 483 g/mol. The van der Waals surface area contributed by atoms with Crippen LogP contribution in [-0.4, -0.2) is 65.2 Å². The van der Waals surface area contributed by atoms with Crippen LogP contribution in [0.25, 0.3) is 0 Å². The highest BCUT2D eigenvalue weighted by Crippen LogP contribution is 2.26. The molecule has 1 aromatic carbocycles. The van der Waals surface area contributed by atoms with Crippen molar-refractivity contribution in [2.45, 2.75) is 48.8 Å². The van der Waals surface area contributed by atoms with Gasteiger partial charge in [0.05, 0.1) is 6.04 Å². The van der Waals surface area contributed by atoms with Gasteiger partial charge in [-0.05, 0) is 48.9 Å². The molecule has 0 saturated carbocycles. The molecule has 4 rings (SSSR count). The van der Waals surface area contributed by atoms with Crippen LogP contribution in [0.5, 0.6) is 0 Å². The van der Waals surface area contributed by atoms with E-state index in [1.54, 1.807) is 24.2 Å². The highest BCUT2D eigenvalue weighted by atomic mass is 32.2. The molecule has 0 bridgehead atoms. The third-order valence-corrected chi connectivity index (χ3v) is 6.93. The molecule has 2 saturated heterocycles. The Kier molecular flexibility index (Phi) is 8.02. The summed E-state index contributed by atoms with van der Waals surface area (Å²) < 4.78 is 0. The quantitative estimate of drug-likeness (QED) is 0.428. The second-order valence-corrected chi connectivity index (χ2v) is 9.43. The third-order valence-electron chi connectivity index (χ3n) is 6.20. The molecule has 4 N–H and O–H groups in total. The maximum absolute atomic E-state index is 12.5. The normalized spacial score (nSPS) is 21.9. The number of pyridine rings is 1. The number of hydrogen-bond donors (Lipinski definition) is 4. The van der Waals surface area contributed by atoms with E-state index in [-0.39, 0.29) is 36.0 Å². The zero-order chi connectivity index (χ0) is 23.9. The minimum Gasteiger partial charge on any atom is -0.353 e. The molecule has 34 heavy (non-hydrogen) atoms. The van der Waals surface area contributed by atoms with Crippen molar-refractivity contribution in [3.05, 3.63) is 54.4 Å². The van der Waals surface area contributed by atoms with Crippen LogP contribution in [0.4, 0.5) is 10.5 Å². The van der Waals surface area contributed by atoms with Gasteiger partial charge in [-0.3, -0.25) is 19.5 Å². The number of fused-ring (bicyclic) bond motifs is 1. The molecule has 0 aliphatic carbocycles. The van der Waals surface area contributed by atoms with E-state index in [2.05, 4.69) is 31.2 Å². The fraction of sp³-hybridized carbons (Fsp3) is 0.417. The first-order valence-corrected chi connectivity index (χ1v) is 12.6. The number of thioether (sulfide) groups is 1. The molecule has 2 fully saturated rings. The summed E-state index contributed by atoms with van der Waals surface area (Å²) in [6.45, 7) is 1.53. The zero-order valence-electron chi connectivity index (χ0n) is 19.1. The summed E-state index contributed by atoms with van der Waals surface area (Å²) in [5.74, 6) is -0.0484. The van der Waals surface area contributed by atoms with E-state index in [1.807, 2.05) is 42.7 Å². The first-order valence-electron chi connectivity index (χ1n) is 11.4. The minimum absolute atomic E-state index is 0.0188. The minimum atomic E-state index is -0.290. The molecule has 1 aromatic heterocycles. The van der Waals surface area contributed by atoms with Gasteiger partial charge in [-0.2, -0.15) is 0 Å². The number of amides is 4. The van der Waals surface area contributed by atoms with Crippen LogP contribution in [0.3, 0.4) is 0 Å². The Hall–Kier alpha value is -3.11. The van der Waals surface area contributed by atoms with Crippen LogP contribution >= 0.6 is 11.8 Å². The molecule has 0 unspecified atom stereocenters. The summed E-state index contributed by atoms with van der Waals surface area (Å²) in [6.07, 6.45) is 6.97. The van der Waals surface area contributed by atoms with E-state index in [0.717, 1.165) is 16.1 Å². The van der Waals surface area contributed by atoms with Crippen LogP contribution in [0.1, 0.15) is 24.8 Å². The summed E-state index contributed by atoms with van der Waals surface area (Å²) in [6, 6.07) is 10.8. The van der Waals surface area contributed by atoms with E-state index in [0.29, 0.717) is 38.9 Å². The van der Waals surface area contributed by atoms with Crippen LogP contribution in [0.15, 0.2) is 53.7 Å². The number of anilines is 1. The van der Waals surface area contributed by atoms with Gasteiger partial charge in [0, 0.05) is 61.1 Å². The molecule has 0 spiro atoms. The Bertz CT molecular complexity index is 1020. The Morgan fingerprint density at radius 2 is 2.15 bits per heavy atom. The predicted molar refractivity (Wildman–Crippen MR) is 131 cm³/mol. The van der Waals surface area contributed by atoms with Gasteiger partial charge in [-0.15, -0.1) is 11.8 Å². The zero-order valence-corrected chi connectivity index (χ0v) is 19.9. The molecule has 0 radical (unpaired) electrons. The van der Waals surface area contributed by atoms with Crippen LogP contribution < -0.4 is 21.3 Å². The topological polar surface area (TPSA) is 115 Å². The lowest BCUT2D eigenvalue weighted by molar-refractivity contribution is -0.129. The number of benzene rings is 1. The Labute approximate surface area is 203 Å². The summed E-state index contributed by atoms with van der Waals surface area (Å²) in [5.41, 5.74) is 1.68.